The molecule has 0 amide bonds. The Morgan fingerprint density at radius 1 is 1.27 bits per heavy atom. The van der Waals surface area contributed by atoms with Gasteiger partial charge in [-0.15, -0.1) is 11.3 Å². The third-order valence-corrected chi connectivity index (χ3v) is 6.73. The molecule has 118 valence electrons. The third-order valence-electron chi connectivity index (χ3n) is 3.99. The van der Waals surface area contributed by atoms with Crippen LogP contribution in [0, 0.1) is 0 Å². The first kappa shape index (κ1) is 15.8. The fourth-order valence-electron chi connectivity index (χ4n) is 2.59. The maximum absolute atomic E-state index is 12.4. The summed E-state index contributed by atoms with van der Waals surface area (Å²) in [5, 5.41) is 3.32. The average molecular weight is 335 g/mol. The number of aryl methyl sites for hydroxylation is 1. The number of ether oxygens (including phenoxy) is 1. The summed E-state index contributed by atoms with van der Waals surface area (Å²) in [6, 6.07) is 8.54. The van der Waals surface area contributed by atoms with Gasteiger partial charge >= 0.3 is 0 Å². The van der Waals surface area contributed by atoms with Gasteiger partial charge in [0.2, 0.25) is 0 Å². The van der Waals surface area contributed by atoms with Crippen LogP contribution < -0.4 is 0 Å². The lowest BCUT2D eigenvalue weighted by molar-refractivity contribution is 0.0992. The van der Waals surface area contributed by atoms with Crippen molar-refractivity contribution in [1.82, 2.24) is 4.98 Å². The van der Waals surface area contributed by atoms with E-state index in [1.165, 1.54) is 5.56 Å². The normalized spacial score (nSPS) is 17.5. The van der Waals surface area contributed by atoms with Gasteiger partial charge in [0.15, 0.2) is 0 Å². The molecule has 1 saturated heterocycles. The van der Waals surface area contributed by atoms with Crippen LogP contribution >= 0.6 is 11.3 Å². The monoisotopic (exact) mass is 335 g/mol. The summed E-state index contributed by atoms with van der Waals surface area (Å²) in [7, 11) is -0.841. The molecule has 0 unspecified atom stereocenters. The maximum Gasteiger partial charge on any atom is 0.123 e. The highest BCUT2D eigenvalue weighted by Crippen LogP contribution is 2.25. The Morgan fingerprint density at radius 2 is 2.00 bits per heavy atom. The summed E-state index contributed by atoms with van der Waals surface area (Å²) < 4.78 is 17.7. The van der Waals surface area contributed by atoms with E-state index in [4.69, 9.17) is 4.74 Å². The summed E-state index contributed by atoms with van der Waals surface area (Å²) in [6.45, 7) is 3.63. The highest BCUT2D eigenvalue weighted by atomic mass is 32.2. The summed E-state index contributed by atoms with van der Waals surface area (Å²) >= 11 is 1.63. The van der Waals surface area contributed by atoms with Crippen molar-refractivity contribution in [3.8, 4) is 10.6 Å². The van der Waals surface area contributed by atoms with E-state index in [1.54, 1.807) is 11.3 Å². The highest BCUT2D eigenvalue weighted by molar-refractivity contribution is 7.84. The zero-order valence-corrected chi connectivity index (χ0v) is 14.4. The largest absolute Gasteiger partial charge is 0.381 e. The first-order chi connectivity index (χ1) is 10.8. The molecule has 22 heavy (non-hydrogen) atoms. The molecule has 1 aliphatic heterocycles. The van der Waals surface area contributed by atoms with Crippen LogP contribution in [0.25, 0.3) is 10.6 Å². The lowest BCUT2D eigenvalue weighted by Gasteiger charge is -2.20. The molecule has 0 radical (unpaired) electrons. The Morgan fingerprint density at radius 3 is 2.68 bits per heavy atom. The van der Waals surface area contributed by atoms with Gasteiger partial charge in [-0.1, -0.05) is 31.2 Å². The number of rotatable bonds is 5. The van der Waals surface area contributed by atoms with Gasteiger partial charge in [-0.25, -0.2) is 4.98 Å². The number of thiazole rings is 1. The highest BCUT2D eigenvalue weighted by Gasteiger charge is 2.21. The van der Waals surface area contributed by atoms with Crippen LogP contribution in [0.2, 0.25) is 0 Å². The van der Waals surface area contributed by atoms with Crippen molar-refractivity contribution in [2.75, 3.05) is 13.2 Å². The first-order valence-electron chi connectivity index (χ1n) is 7.75. The number of hydrogen-bond donors (Lipinski definition) is 0. The molecule has 0 aliphatic carbocycles. The van der Waals surface area contributed by atoms with Gasteiger partial charge in [0.05, 0.1) is 11.4 Å². The van der Waals surface area contributed by atoms with E-state index in [9.17, 15) is 4.21 Å². The lowest BCUT2D eigenvalue weighted by atomic mass is 10.1. The van der Waals surface area contributed by atoms with Crippen molar-refractivity contribution >= 4 is 22.1 Å². The molecule has 5 heteroatoms. The number of benzene rings is 1. The lowest BCUT2D eigenvalue weighted by Crippen LogP contribution is -2.25. The van der Waals surface area contributed by atoms with E-state index >= 15 is 0 Å². The molecular formula is C17H21NO2S2. The van der Waals surface area contributed by atoms with Crippen LogP contribution in [0.5, 0.6) is 0 Å². The molecule has 0 spiro atoms. The quantitative estimate of drug-likeness (QED) is 0.834. The standard InChI is InChI=1S/C17H21NO2S2/c1-2-13-3-5-14(6-4-13)17-18-15(11-21-17)12-22(19)16-7-9-20-10-8-16/h3-6,11,16H,2,7-10,12H2,1H3/t22-/m0/s1. The Hall–Kier alpha value is -1.04. The second-order valence-electron chi connectivity index (χ2n) is 5.53. The third kappa shape index (κ3) is 3.83. The van der Waals surface area contributed by atoms with Crippen LogP contribution in [0.15, 0.2) is 29.6 Å². The molecule has 1 atom stereocenters. The minimum Gasteiger partial charge on any atom is -0.381 e. The SMILES string of the molecule is CCc1ccc(-c2nc(C[S@](=O)C3CCOCC3)cs2)cc1. The molecule has 0 bridgehead atoms. The Kier molecular flexibility index (Phi) is 5.39. The maximum atomic E-state index is 12.4. The molecule has 2 aromatic rings. The Balaban J connectivity index is 1.66. The number of hydrogen-bond acceptors (Lipinski definition) is 4. The van der Waals surface area contributed by atoms with Crippen molar-refractivity contribution in [1.29, 1.82) is 0 Å². The van der Waals surface area contributed by atoms with E-state index < -0.39 is 10.8 Å². The second kappa shape index (κ2) is 7.49. The minimum absolute atomic E-state index is 0.266. The predicted octanol–water partition coefficient (Wildman–Crippen LogP) is 3.80. The van der Waals surface area contributed by atoms with E-state index in [-0.39, 0.29) is 5.25 Å². The fraction of sp³-hybridized carbons (Fsp3) is 0.471. The molecule has 1 aromatic carbocycles. The van der Waals surface area contributed by atoms with Crippen molar-refractivity contribution < 1.29 is 8.95 Å². The first-order valence-corrected chi connectivity index (χ1v) is 10.0. The van der Waals surface area contributed by atoms with E-state index in [1.807, 2.05) is 5.38 Å². The van der Waals surface area contributed by atoms with Gasteiger partial charge in [0.1, 0.15) is 5.01 Å². The van der Waals surface area contributed by atoms with E-state index in [0.29, 0.717) is 5.75 Å². The van der Waals surface area contributed by atoms with Crippen LogP contribution in [0.3, 0.4) is 0 Å². The molecule has 2 heterocycles. The van der Waals surface area contributed by atoms with Crippen LogP contribution in [0.4, 0.5) is 0 Å². The van der Waals surface area contributed by atoms with Gasteiger partial charge in [-0.05, 0) is 24.8 Å². The van der Waals surface area contributed by atoms with Crippen molar-refractivity contribution in [2.24, 2.45) is 0 Å². The summed E-state index contributed by atoms with van der Waals surface area (Å²) in [5.74, 6) is 0.564. The molecule has 1 aromatic heterocycles. The van der Waals surface area contributed by atoms with Gasteiger partial charge < -0.3 is 4.74 Å². The summed E-state index contributed by atoms with van der Waals surface area (Å²) in [5.41, 5.74) is 3.43. The fourth-order valence-corrected chi connectivity index (χ4v) is 4.92. The molecule has 3 nitrogen and oxygen atoms in total. The predicted molar refractivity (Wildman–Crippen MR) is 92.6 cm³/mol. The molecule has 1 fully saturated rings. The van der Waals surface area contributed by atoms with Crippen LogP contribution in [-0.4, -0.2) is 27.7 Å². The Labute approximate surface area is 138 Å². The zero-order chi connectivity index (χ0) is 15.4. The van der Waals surface area contributed by atoms with E-state index in [0.717, 1.165) is 48.7 Å². The summed E-state index contributed by atoms with van der Waals surface area (Å²) in [6.07, 6.45) is 2.86. The molecular weight excluding hydrogens is 314 g/mol. The zero-order valence-electron chi connectivity index (χ0n) is 12.8. The van der Waals surface area contributed by atoms with Crippen LogP contribution in [0.1, 0.15) is 31.0 Å². The second-order valence-corrected chi connectivity index (χ2v) is 8.11. The smallest absolute Gasteiger partial charge is 0.123 e. The average Bonchev–Trinajstić information content (AvgIpc) is 3.04. The van der Waals surface area contributed by atoms with Gasteiger partial charge in [-0.3, -0.25) is 4.21 Å². The van der Waals surface area contributed by atoms with Crippen LogP contribution in [-0.2, 0) is 27.7 Å². The minimum atomic E-state index is -0.841. The molecule has 0 N–H and O–H groups in total. The molecule has 3 rings (SSSR count). The van der Waals surface area contributed by atoms with Crippen molar-refractivity contribution in [3.05, 3.63) is 40.9 Å². The Bertz CT molecular complexity index is 630. The molecule has 1 aliphatic rings. The number of nitrogens with zero attached hydrogens (tertiary/aromatic N) is 1. The van der Waals surface area contributed by atoms with Gasteiger partial charge in [0, 0.05) is 40.2 Å². The van der Waals surface area contributed by atoms with Gasteiger partial charge in [0.25, 0.3) is 0 Å². The topological polar surface area (TPSA) is 39.2 Å². The van der Waals surface area contributed by atoms with Crippen molar-refractivity contribution in [2.45, 2.75) is 37.2 Å². The van der Waals surface area contributed by atoms with E-state index in [2.05, 4.69) is 36.2 Å². The summed E-state index contributed by atoms with van der Waals surface area (Å²) in [4.78, 5) is 4.67. The van der Waals surface area contributed by atoms with Gasteiger partial charge in [-0.2, -0.15) is 0 Å². The van der Waals surface area contributed by atoms with Crippen molar-refractivity contribution in [3.63, 3.8) is 0 Å². The molecule has 0 saturated carbocycles. The number of aromatic nitrogens is 1.